The fourth-order valence-corrected chi connectivity index (χ4v) is 2.23. The Morgan fingerprint density at radius 1 is 1.47 bits per heavy atom. The van der Waals surface area contributed by atoms with Crippen LogP contribution in [0, 0.1) is 6.92 Å². The molecule has 0 amide bonds. The van der Waals surface area contributed by atoms with E-state index in [0.717, 1.165) is 37.2 Å². The van der Waals surface area contributed by atoms with Crippen molar-refractivity contribution in [1.29, 1.82) is 0 Å². The first kappa shape index (κ1) is 10.7. The Bertz CT molecular complexity index is 515. The standard InChI is InChI=1S/C13H16N2O2/c1-9-15-12-7-10(2-3-13(12)17-9)6-11-8-14-4-5-16-11/h2-3,7,11,14H,4-6,8H2,1H3. The van der Waals surface area contributed by atoms with Gasteiger partial charge in [0.25, 0.3) is 0 Å². The molecule has 4 heteroatoms. The zero-order valence-electron chi connectivity index (χ0n) is 9.90. The number of fused-ring (bicyclic) bond motifs is 1. The molecule has 0 spiro atoms. The van der Waals surface area contributed by atoms with Gasteiger partial charge >= 0.3 is 0 Å². The topological polar surface area (TPSA) is 47.3 Å². The molecule has 1 N–H and O–H groups in total. The smallest absolute Gasteiger partial charge is 0.192 e. The van der Waals surface area contributed by atoms with Gasteiger partial charge in [-0.3, -0.25) is 0 Å². The van der Waals surface area contributed by atoms with Crippen LogP contribution in [0.5, 0.6) is 0 Å². The maximum Gasteiger partial charge on any atom is 0.192 e. The quantitative estimate of drug-likeness (QED) is 0.855. The number of ether oxygens (including phenoxy) is 1. The fourth-order valence-electron chi connectivity index (χ4n) is 2.23. The van der Waals surface area contributed by atoms with Gasteiger partial charge in [0.2, 0.25) is 0 Å². The summed E-state index contributed by atoms with van der Waals surface area (Å²) in [5.41, 5.74) is 3.04. The van der Waals surface area contributed by atoms with Gasteiger partial charge in [-0.05, 0) is 24.1 Å². The Morgan fingerprint density at radius 3 is 3.24 bits per heavy atom. The number of aromatic nitrogens is 1. The molecule has 0 aliphatic carbocycles. The SMILES string of the molecule is Cc1nc2cc(CC3CNCCO3)ccc2o1. The summed E-state index contributed by atoms with van der Waals surface area (Å²) >= 11 is 0. The number of benzene rings is 1. The van der Waals surface area contributed by atoms with Crippen LogP contribution in [0.4, 0.5) is 0 Å². The van der Waals surface area contributed by atoms with Crippen molar-refractivity contribution in [1.82, 2.24) is 10.3 Å². The van der Waals surface area contributed by atoms with E-state index in [4.69, 9.17) is 9.15 Å². The number of nitrogens with zero attached hydrogens (tertiary/aromatic N) is 1. The van der Waals surface area contributed by atoms with Crippen LogP contribution in [0.15, 0.2) is 22.6 Å². The Hall–Kier alpha value is -1.39. The predicted octanol–water partition coefficient (Wildman–Crippen LogP) is 1.67. The number of nitrogens with one attached hydrogen (secondary N) is 1. The van der Waals surface area contributed by atoms with Gasteiger partial charge in [-0.15, -0.1) is 0 Å². The molecule has 1 aromatic carbocycles. The van der Waals surface area contributed by atoms with Crippen LogP contribution in [-0.4, -0.2) is 30.8 Å². The Labute approximate surface area is 100.0 Å². The molecular weight excluding hydrogens is 216 g/mol. The summed E-state index contributed by atoms with van der Waals surface area (Å²) in [6, 6.07) is 6.16. The van der Waals surface area contributed by atoms with Crippen molar-refractivity contribution < 1.29 is 9.15 Å². The highest BCUT2D eigenvalue weighted by atomic mass is 16.5. The second kappa shape index (κ2) is 4.47. The summed E-state index contributed by atoms with van der Waals surface area (Å²) < 4.78 is 11.2. The Morgan fingerprint density at radius 2 is 2.41 bits per heavy atom. The van der Waals surface area contributed by atoms with Crippen molar-refractivity contribution in [3.05, 3.63) is 29.7 Å². The highest BCUT2D eigenvalue weighted by Gasteiger charge is 2.14. The molecule has 1 aromatic heterocycles. The highest BCUT2D eigenvalue weighted by Crippen LogP contribution is 2.18. The number of hydrogen-bond donors (Lipinski definition) is 1. The minimum Gasteiger partial charge on any atom is -0.441 e. The van der Waals surface area contributed by atoms with Gasteiger partial charge in [0.15, 0.2) is 11.5 Å². The van der Waals surface area contributed by atoms with Crippen LogP contribution >= 0.6 is 0 Å². The van der Waals surface area contributed by atoms with Gasteiger partial charge in [-0.2, -0.15) is 0 Å². The maximum atomic E-state index is 5.69. The molecule has 3 rings (SSSR count). The summed E-state index contributed by atoms with van der Waals surface area (Å²) in [7, 11) is 0. The lowest BCUT2D eigenvalue weighted by Gasteiger charge is -2.23. The summed E-state index contributed by atoms with van der Waals surface area (Å²) in [5.74, 6) is 0.715. The van der Waals surface area contributed by atoms with E-state index < -0.39 is 0 Å². The largest absolute Gasteiger partial charge is 0.441 e. The first-order chi connectivity index (χ1) is 8.31. The predicted molar refractivity (Wildman–Crippen MR) is 65.1 cm³/mol. The molecule has 0 radical (unpaired) electrons. The lowest BCUT2D eigenvalue weighted by Crippen LogP contribution is -2.39. The molecule has 1 aliphatic rings. The maximum absolute atomic E-state index is 5.69. The number of oxazole rings is 1. The lowest BCUT2D eigenvalue weighted by molar-refractivity contribution is 0.0292. The average Bonchev–Trinajstić information content (AvgIpc) is 2.70. The molecule has 4 nitrogen and oxygen atoms in total. The molecule has 2 aromatic rings. The van der Waals surface area contributed by atoms with E-state index in [1.165, 1.54) is 5.56 Å². The second-order valence-corrected chi connectivity index (χ2v) is 4.44. The van der Waals surface area contributed by atoms with Gasteiger partial charge in [-0.1, -0.05) is 6.07 Å². The molecule has 90 valence electrons. The van der Waals surface area contributed by atoms with E-state index in [1.54, 1.807) is 0 Å². The number of rotatable bonds is 2. The Kier molecular flexibility index (Phi) is 2.82. The molecular formula is C13H16N2O2. The molecule has 1 fully saturated rings. The van der Waals surface area contributed by atoms with Crippen molar-refractivity contribution >= 4 is 11.1 Å². The summed E-state index contributed by atoms with van der Waals surface area (Å²) in [4.78, 5) is 4.34. The highest BCUT2D eigenvalue weighted by molar-refractivity contribution is 5.73. The van der Waals surface area contributed by atoms with E-state index in [0.29, 0.717) is 5.89 Å². The summed E-state index contributed by atoms with van der Waals surface area (Å²) in [5, 5.41) is 3.34. The third-order valence-corrected chi connectivity index (χ3v) is 3.03. The first-order valence-corrected chi connectivity index (χ1v) is 6.00. The molecule has 1 saturated heterocycles. The fraction of sp³-hybridized carbons (Fsp3) is 0.462. The molecule has 0 saturated carbocycles. The zero-order chi connectivity index (χ0) is 11.7. The lowest BCUT2D eigenvalue weighted by atomic mass is 10.1. The van der Waals surface area contributed by atoms with Crippen LogP contribution in [0.1, 0.15) is 11.5 Å². The average molecular weight is 232 g/mol. The third kappa shape index (κ3) is 2.33. The van der Waals surface area contributed by atoms with Crippen molar-refractivity contribution in [2.75, 3.05) is 19.7 Å². The number of morpholine rings is 1. The van der Waals surface area contributed by atoms with Gasteiger partial charge in [0.1, 0.15) is 5.52 Å². The van der Waals surface area contributed by atoms with Gasteiger partial charge < -0.3 is 14.5 Å². The van der Waals surface area contributed by atoms with Crippen molar-refractivity contribution in [2.24, 2.45) is 0 Å². The molecule has 1 atom stereocenters. The van der Waals surface area contributed by atoms with E-state index in [1.807, 2.05) is 13.0 Å². The number of aryl methyl sites for hydroxylation is 1. The Balaban J connectivity index is 1.79. The van der Waals surface area contributed by atoms with Crippen molar-refractivity contribution in [3.63, 3.8) is 0 Å². The van der Waals surface area contributed by atoms with Crippen LogP contribution in [-0.2, 0) is 11.2 Å². The second-order valence-electron chi connectivity index (χ2n) is 4.44. The first-order valence-electron chi connectivity index (χ1n) is 6.00. The minimum atomic E-state index is 0.272. The van der Waals surface area contributed by atoms with E-state index in [9.17, 15) is 0 Å². The van der Waals surface area contributed by atoms with Crippen molar-refractivity contribution in [2.45, 2.75) is 19.4 Å². The minimum absolute atomic E-state index is 0.272. The van der Waals surface area contributed by atoms with Gasteiger partial charge in [-0.25, -0.2) is 4.98 Å². The summed E-state index contributed by atoms with van der Waals surface area (Å²) in [6.07, 6.45) is 1.20. The van der Waals surface area contributed by atoms with Crippen LogP contribution < -0.4 is 5.32 Å². The van der Waals surface area contributed by atoms with Crippen LogP contribution in [0.3, 0.4) is 0 Å². The van der Waals surface area contributed by atoms with E-state index >= 15 is 0 Å². The van der Waals surface area contributed by atoms with Crippen LogP contribution in [0.25, 0.3) is 11.1 Å². The zero-order valence-corrected chi connectivity index (χ0v) is 9.90. The molecule has 1 unspecified atom stereocenters. The normalized spacial score (nSPS) is 20.9. The number of hydrogen-bond acceptors (Lipinski definition) is 4. The monoisotopic (exact) mass is 232 g/mol. The van der Waals surface area contributed by atoms with E-state index in [2.05, 4.69) is 22.4 Å². The van der Waals surface area contributed by atoms with E-state index in [-0.39, 0.29) is 6.10 Å². The molecule has 17 heavy (non-hydrogen) atoms. The van der Waals surface area contributed by atoms with Crippen molar-refractivity contribution in [3.8, 4) is 0 Å². The van der Waals surface area contributed by atoms with Gasteiger partial charge in [0, 0.05) is 20.0 Å². The molecule has 2 heterocycles. The van der Waals surface area contributed by atoms with Crippen LogP contribution in [0.2, 0.25) is 0 Å². The molecule has 0 bridgehead atoms. The molecule has 1 aliphatic heterocycles. The van der Waals surface area contributed by atoms with Gasteiger partial charge in [0.05, 0.1) is 12.7 Å². The summed E-state index contributed by atoms with van der Waals surface area (Å²) in [6.45, 7) is 4.55. The third-order valence-electron chi connectivity index (χ3n) is 3.03.